The first-order chi connectivity index (χ1) is 11.2. The molecule has 2 aliphatic carbocycles. The molecule has 24 heavy (non-hydrogen) atoms. The Morgan fingerprint density at radius 3 is 2.62 bits per heavy atom. The number of hydrogen-bond donors (Lipinski definition) is 0. The Labute approximate surface area is 143 Å². The summed E-state index contributed by atoms with van der Waals surface area (Å²) < 4.78 is 22.4. The molecule has 136 valence electrons. The number of esters is 2. The van der Waals surface area contributed by atoms with Gasteiger partial charge in [0.05, 0.1) is 5.41 Å². The van der Waals surface area contributed by atoms with E-state index in [1.54, 1.807) is 21.0 Å². The van der Waals surface area contributed by atoms with Gasteiger partial charge in [0.2, 0.25) is 0 Å². The summed E-state index contributed by atoms with van der Waals surface area (Å²) in [5.41, 5.74) is -0.589. The Morgan fingerprint density at radius 1 is 1.29 bits per heavy atom. The Balaban J connectivity index is 1.55. The van der Waals surface area contributed by atoms with E-state index in [-0.39, 0.29) is 24.8 Å². The Hall–Kier alpha value is -1.14. The van der Waals surface area contributed by atoms with E-state index in [9.17, 15) is 9.59 Å². The summed E-state index contributed by atoms with van der Waals surface area (Å²) in [5.74, 6) is -0.385. The molecule has 1 heterocycles. The number of rotatable bonds is 6. The lowest BCUT2D eigenvalue weighted by Gasteiger charge is -2.27. The standard InChI is InChI=1S/C18H28O6/c1-6-17(2,3)16(20)22-9-13(19)23-14-10-7-11-12(8-10)18(4,21-5)24-15(11)14/h10-12,14-15H,6-9H2,1-5H3. The van der Waals surface area contributed by atoms with Gasteiger partial charge >= 0.3 is 11.9 Å². The predicted molar refractivity (Wildman–Crippen MR) is 84.9 cm³/mol. The van der Waals surface area contributed by atoms with Crippen molar-refractivity contribution in [2.45, 2.75) is 65.0 Å². The van der Waals surface area contributed by atoms with Crippen LogP contribution in [0.1, 0.15) is 47.0 Å². The van der Waals surface area contributed by atoms with Crippen molar-refractivity contribution in [3.8, 4) is 0 Å². The van der Waals surface area contributed by atoms with E-state index < -0.39 is 17.2 Å². The van der Waals surface area contributed by atoms with Crippen molar-refractivity contribution in [1.82, 2.24) is 0 Å². The van der Waals surface area contributed by atoms with Crippen molar-refractivity contribution in [2.75, 3.05) is 13.7 Å². The number of ether oxygens (including phenoxy) is 4. The quantitative estimate of drug-likeness (QED) is 0.691. The molecule has 2 bridgehead atoms. The summed E-state index contributed by atoms with van der Waals surface area (Å²) >= 11 is 0. The van der Waals surface area contributed by atoms with Crippen LogP contribution in [-0.2, 0) is 28.5 Å². The third-order valence-electron chi connectivity index (χ3n) is 6.33. The van der Waals surface area contributed by atoms with Crippen molar-refractivity contribution in [3.63, 3.8) is 0 Å². The van der Waals surface area contributed by atoms with Crippen LogP contribution in [0, 0.1) is 23.2 Å². The van der Waals surface area contributed by atoms with Crippen LogP contribution in [0.4, 0.5) is 0 Å². The van der Waals surface area contributed by atoms with Gasteiger partial charge in [-0.3, -0.25) is 4.79 Å². The Morgan fingerprint density at radius 2 is 2.00 bits per heavy atom. The van der Waals surface area contributed by atoms with Crippen LogP contribution in [0.2, 0.25) is 0 Å². The zero-order valence-electron chi connectivity index (χ0n) is 15.2. The monoisotopic (exact) mass is 340 g/mol. The second-order valence-corrected chi connectivity index (χ2v) is 8.07. The van der Waals surface area contributed by atoms with Crippen LogP contribution in [-0.4, -0.2) is 43.7 Å². The fourth-order valence-corrected chi connectivity index (χ4v) is 4.38. The molecule has 6 atom stereocenters. The molecular weight excluding hydrogens is 312 g/mol. The Bertz CT molecular complexity index is 530. The second kappa shape index (κ2) is 5.99. The molecular formula is C18H28O6. The highest BCUT2D eigenvalue weighted by Gasteiger charge is 2.66. The van der Waals surface area contributed by atoms with Crippen molar-refractivity contribution >= 4 is 11.9 Å². The van der Waals surface area contributed by atoms with Crippen LogP contribution in [0.15, 0.2) is 0 Å². The van der Waals surface area contributed by atoms with Gasteiger partial charge in [-0.1, -0.05) is 6.92 Å². The smallest absolute Gasteiger partial charge is 0.344 e. The van der Waals surface area contributed by atoms with E-state index in [1.807, 2.05) is 13.8 Å². The molecule has 6 unspecified atom stereocenters. The van der Waals surface area contributed by atoms with E-state index in [0.717, 1.165) is 12.8 Å². The van der Waals surface area contributed by atoms with E-state index >= 15 is 0 Å². The molecule has 0 aromatic carbocycles. The maximum Gasteiger partial charge on any atom is 0.344 e. The first-order valence-corrected chi connectivity index (χ1v) is 8.81. The average molecular weight is 340 g/mol. The second-order valence-electron chi connectivity index (χ2n) is 8.07. The maximum absolute atomic E-state index is 12.1. The summed E-state index contributed by atoms with van der Waals surface area (Å²) in [6.07, 6.45) is 2.25. The maximum atomic E-state index is 12.1. The molecule has 2 saturated carbocycles. The highest BCUT2D eigenvalue weighted by molar-refractivity contribution is 5.79. The van der Waals surface area contributed by atoms with Gasteiger partial charge in [0.1, 0.15) is 12.2 Å². The molecule has 1 aliphatic heterocycles. The third kappa shape index (κ3) is 2.73. The summed E-state index contributed by atoms with van der Waals surface area (Å²) in [5, 5.41) is 0. The van der Waals surface area contributed by atoms with Crippen molar-refractivity contribution in [3.05, 3.63) is 0 Å². The molecule has 0 radical (unpaired) electrons. The average Bonchev–Trinajstić information content (AvgIpc) is 3.17. The lowest BCUT2D eigenvalue weighted by atomic mass is 9.84. The molecule has 0 N–H and O–H groups in total. The van der Waals surface area contributed by atoms with Gasteiger partial charge in [0.15, 0.2) is 12.4 Å². The SMILES string of the molecule is CCC(C)(C)C(=O)OCC(=O)OC1C2CC3C1OC(C)(OC)C3C2. The van der Waals surface area contributed by atoms with Crippen LogP contribution < -0.4 is 0 Å². The topological polar surface area (TPSA) is 71.1 Å². The van der Waals surface area contributed by atoms with Gasteiger partial charge in [0.25, 0.3) is 0 Å². The van der Waals surface area contributed by atoms with Gasteiger partial charge in [-0.2, -0.15) is 0 Å². The molecule has 0 aromatic heterocycles. The minimum Gasteiger partial charge on any atom is -0.457 e. The summed E-state index contributed by atoms with van der Waals surface area (Å²) in [6.45, 7) is 7.14. The molecule has 3 aliphatic rings. The van der Waals surface area contributed by atoms with E-state index in [1.165, 1.54) is 0 Å². The number of methoxy groups -OCH3 is 1. The third-order valence-corrected chi connectivity index (χ3v) is 6.33. The zero-order chi connectivity index (χ0) is 17.7. The lowest BCUT2D eigenvalue weighted by Crippen LogP contribution is -2.37. The predicted octanol–water partition coefficient (Wildman–Crippen LogP) is 2.29. The fraction of sp³-hybridized carbons (Fsp3) is 0.889. The van der Waals surface area contributed by atoms with Crippen LogP contribution in [0.3, 0.4) is 0 Å². The molecule has 3 rings (SSSR count). The first kappa shape index (κ1) is 17.7. The normalized spacial score (nSPS) is 40.0. The zero-order valence-corrected chi connectivity index (χ0v) is 15.2. The summed E-state index contributed by atoms with van der Waals surface area (Å²) in [6, 6.07) is 0. The molecule has 6 heteroatoms. The Kier molecular flexibility index (Phi) is 4.41. The lowest BCUT2D eigenvalue weighted by molar-refractivity contribution is -0.223. The molecule has 1 saturated heterocycles. The van der Waals surface area contributed by atoms with Crippen molar-refractivity contribution in [1.29, 1.82) is 0 Å². The van der Waals surface area contributed by atoms with Gasteiger partial charge in [-0.15, -0.1) is 0 Å². The molecule has 0 amide bonds. The highest BCUT2D eigenvalue weighted by Crippen LogP contribution is 2.60. The van der Waals surface area contributed by atoms with Gasteiger partial charge in [-0.05, 0) is 51.9 Å². The molecule has 0 aromatic rings. The number of fused-ring (bicyclic) bond motifs is 1. The molecule has 3 fully saturated rings. The van der Waals surface area contributed by atoms with Crippen molar-refractivity contribution in [2.24, 2.45) is 23.2 Å². The van der Waals surface area contributed by atoms with Gasteiger partial charge in [0, 0.05) is 13.0 Å². The summed E-state index contributed by atoms with van der Waals surface area (Å²) in [7, 11) is 1.66. The van der Waals surface area contributed by atoms with E-state index in [0.29, 0.717) is 24.2 Å². The van der Waals surface area contributed by atoms with E-state index in [2.05, 4.69) is 0 Å². The van der Waals surface area contributed by atoms with Crippen LogP contribution in [0.5, 0.6) is 0 Å². The number of carbonyl (C=O) groups is 2. The van der Waals surface area contributed by atoms with Crippen molar-refractivity contribution < 1.29 is 28.5 Å². The first-order valence-electron chi connectivity index (χ1n) is 8.81. The fourth-order valence-electron chi connectivity index (χ4n) is 4.38. The molecule has 6 nitrogen and oxygen atoms in total. The summed E-state index contributed by atoms with van der Waals surface area (Å²) in [4.78, 5) is 24.1. The van der Waals surface area contributed by atoms with Gasteiger partial charge in [-0.25, -0.2) is 4.79 Å². The largest absolute Gasteiger partial charge is 0.457 e. The number of hydrogen-bond acceptors (Lipinski definition) is 6. The van der Waals surface area contributed by atoms with Gasteiger partial charge < -0.3 is 18.9 Å². The minimum absolute atomic E-state index is 0.106. The molecule has 0 spiro atoms. The van der Waals surface area contributed by atoms with Crippen LogP contribution in [0.25, 0.3) is 0 Å². The number of carbonyl (C=O) groups excluding carboxylic acids is 2. The minimum atomic E-state index is -0.589. The van der Waals surface area contributed by atoms with Crippen LogP contribution >= 0.6 is 0 Å². The highest BCUT2D eigenvalue weighted by atomic mass is 16.7. The van der Waals surface area contributed by atoms with E-state index in [4.69, 9.17) is 18.9 Å².